The summed E-state index contributed by atoms with van der Waals surface area (Å²) in [6.07, 6.45) is 0.256. The molecule has 0 bridgehead atoms. The molecule has 0 saturated heterocycles. The first-order chi connectivity index (χ1) is 9.54. The van der Waals surface area contributed by atoms with Crippen molar-refractivity contribution in [3.05, 3.63) is 65.7 Å². The molecule has 4 heteroatoms. The minimum absolute atomic E-state index is 0.0171. The molecule has 0 unspecified atom stereocenters. The number of halogens is 2. The molecule has 0 saturated carbocycles. The van der Waals surface area contributed by atoms with Gasteiger partial charge in [0.05, 0.1) is 6.54 Å². The number of carbonyl (C=O) groups is 1. The number of Topliss-reactive ketones (excluding diaryl/α,β-unsaturated/α-hetero) is 1. The molecule has 0 amide bonds. The van der Waals surface area contributed by atoms with Gasteiger partial charge in [-0.25, -0.2) is 8.78 Å². The van der Waals surface area contributed by atoms with Crippen LogP contribution in [-0.4, -0.2) is 19.4 Å². The van der Waals surface area contributed by atoms with Crippen molar-refractivity contribution in [3.63, 3.8) is 0 Å². The van der Waals surface area contributed by atoms with Gasteiger partial charge in [0.15, 0.2) is 5.78 Å². The molecule has 0 aliphatic heterocycles. The van der Waals surface area contributed by atoms with Crippen LogP contribution in [0.5, 0.6) is 0 Å². The average molecular weight is 275 g/mol. The molecular weight excluding hydrogens is 260 g/mol. The van der Waals surface area contributed by atoms with E-state index >= 15 is 0 Å². The first-order valence-electron chi connectivity index (χ1n) is 6.27. The summed E-state index contributed by atoms with van der Waals surface area (Å²) in [6, 6.07) is 11.8. The van der Waals surface area contributed by atoms with E-state index in [1.807, 2.05) is 0 Å². The first kappa shape index (κ1) is 14.2. The summed E-state index contributed by atoms with van der Waals surface area (Å²) in [5.74, 6) is -0.604. The zero-order chi connectivity index (χ0) is 14.5. The Bertz CT molecular complexity index is 578. The Morgan fingerprint density at radius 2 is 1.45 bits per heavy atom. The lowest BCUT2D eigenvalue weighted by Crippen LogP contribution is -2.26. The van der Waals surface area contributed by atoms with Crippen molar-refractivity contribution >= 4 is 11.5 Å². The zero-order valence-corrected chi connectivity index (χ0v) is 11.1. The largest absolute Gasteiger partial charge is 0.367 e. The Balaban J connectivity index is 1.93. The van der Waals surface area contributed by atoms with Gasteiger partial charge < -0.3 is 4.90 Å². The monoisotopic (exact) mass is 275 g/mol. The SMILES string of the molecule is CN(CC(=O)Cc1ccc(F)cc1)c1ccc(F)cc1. The summed E-state index contributed by atoms with van der Waals surface area (Å²) in [7, 11) is 1.77. The van der Waals surface area contributed by atoms with Crippen molar-refractivity contribution in [1.82, 2.24) is 0 Å². The van der Waals surface area contributed by atoms with E-state index in [0.717, 1.165) is 11.3 Å². The van der Waals surface area contributed by atoms with Crippen LogP contribution >= 0.6 is 0 Å². The van der Waals surface area contributed by atoms with E-state index in [1.165, 1.54) is 24.3 Å². The van der Waals surface area contributed by atoms with Crippen LogP contribution in [0.4, 0.5) is 14.5 Å². The molecule has 2 rings (SSSR count). The minimum atomic E-state index is -0.315. The first-order valence-corrected chi connectivity index (χ1v) is 6.27. The van der Waals surface area contributed by atoms with Gasteiger partial charge in [0.25, 0.3) is 0 Å². The van der Waals surface area contributed by atoms with Crippen molar-refractivity contribution in [1.29, 1.82) is 0 Å². The maximum absolute atomic E-state index is 12.8. The smallest absolute Gasteiger partial charge is 0.156 e. The van der Waals surface area contributed by atoms with Gasteiger partial charge in [-0.3, -0.25) is 4.79 Å². The summed E-state index contributed by atoms with van der Waals surface area (Å²) in [6.45, 7) is 0.225. The number of benzene rings is 2. The third-order valence-electron chi connectivity index (χ3n) is 3.00. The molecule has 2 aromatic rings. The Hall–Kier alpha value is -2.23. The number of likely N-dealkylation sites (N-methyl/N-ethyl adjacent to an activating group) is 1. The van der Waals surface area contributed by atoms with Gasteiger partial charge in [-0.1, -0.05) is 12.1 Å². The molecule has 2 aromatic carbocycles. The number of ketones is 1. The number of anilines is 1. The van der Waals surface area contributed by atoms with E-state index in [1.54, 1.807) is 36.2 Å². The molecule has 104 valence electrons. The van der Waals surface area contributed by atoms with Gasteiger partial charge in [0.2, 0.25) is 0 Å². The normalized spacial score (nSPS) is 10.3. The van der Waals surface area contributed by atoms with Crippen LogP contribution < -0.4 is 4.90 Å². The molecule has 0 atom stereocenters. The maximum atomic E-state index is 12.8. The fourth-order valence-electron chi connectivity index (χ4n) is 1.94. The standard InChI is InChI=1S/C16H15F2NO/c1-19(15-8-6-14(18)7-9-15)11-16(20)10-12-2-4-13(17)5-3-12/h2-9H,10-11H2,1H3. The van der Waals surface area contributed by atoms with Gasteiger partial charge >= 0.3 is 0 Å². The van der Waals surface area contributed by atoms with Crippen LogP contribution in [0.1, 0.15) is 5.56 Å². The van der Waals surface area contributed by atoms with Crippen molar-refractivity contribution in [3.8, 4) is 0 Å². The van der Waals surface area contributed by atoms with Crippen molar-refractivity contribution in [2.75, 3.05) is 18.5 Å². The lowest BCUT2D eigenvalue weighted by molar-refractivity contribution is -0.117. The van der Waals surface area contributed by atoms with Crippen LogP contribution in [0.3, 0.4) is 0 Å². The Kier molecular flexibility index (Phi) is 4.45. The predicted octanol–water partition coefficient (Wildman–Crippen LogP) is 3.21. The predicted molar refractivity (Wildman–Crippen MR) is 74.8 cm³/mol. The Labute approximate surface area is 116 Å². The topological polar surface area (TPSA) is 20.3 Å². The van der Waals surface area contributed by atoms with Crippen LogP contribution in [0.15, 0.2) is 48.5 Å². The van der Waals surface area contributed by atoms with Crippen molar-refractivity contribution < 1.29 is 13.6 Å². The second-order valence-corrected chi connectivity index (χ2v) is 4.67. The maximum Gasteiger partial charge on any atom is 0.156 e. The van der Waals surface area contributed by atoms with Gasteiger partial charge in [0.1, 0.15) is 11.6 Å². The Morgan fingerprint density at radius 1 is 0.950 bits per heavy atom. The van der Waals surface area contributed by atoms with E-state index in [2.05, 4.69) is 0 Å². The number of carbonyl (C=O) groups excluding carboxylic acids is 1. The lowest BCUT2D eigenvalue weighted by Gasteiger charge is -2.18. The summed E-state index contributed by atoms with van der Waals surface area (Å²) < 4.78 is 25.6. The van der Waals surface area contributed by atoms with E-state index in [-0.39, 0.29) is 30.4 Å². The molecule has 0 fully saturated rings. The molecule has 0 heterocycles. The number of rotatable bonds is 5. The Morgan fingerprint density at radius 3 is 2.00 bits per heavy atom. The van der Waals surface area contributed by atoms with Gasteiger partial charge in [-0.05, 0) is 42.0 Å². The van der Waals surface area contributed by atoms with Crippen molar-refractivity contribution in [2.45, 2.75) is 6.42 Å². The van der Waals surface area contributed by atoms with E-state index in [4.69, 9.17) is 0 Å². The quantitative estimate of drug-likeness (QED) is 0.835. The summed E-state index contributed by atoms with van der Waals surface area (Å²) in [5, 5.41) is 0. The molecule has 0 radical (unpaired) electrons. The summed E-state index contributed by atoms with van der Waals surface area (Å²) in [5.41, 5.74) is 1.56. The highest BCUT2D eigenvalue weighted by atomic mass is 19.1. The summed E-state index contributed by atoms with van der Waals surface area (Å²) >= 11 is 0. The number of nitrogens with zero attached hydrogens (tertiary/aromatic N) is 1. The highest BCUT2D eigenvalue weighted by Crippen LogP contribution is 2.13. The van der Waals surface area contributed by atoms with E-state index < -0.39 is 0 Å². The third-order valence-corrected chi connectivity index (χ3v) is 3.00. The van der Waals surface area contributed by atoms with Crippen LogP contribution in [0, 0.1) is 11.6 Å². The molecule has 0 aliphatic rings. The highest BCUT2D eigenvalue weighted by Gasteiger charge is 2.09. The molecule has 0 N–H and O–H groups in total. The number of hydrogen-bond donors (Lipinski definition) is 0. The van der Waals surface area contributed by atoms with Crippen LogP contribution in [0.25, 0.3) is 0 Å². The average Bonchev–Trinajstić information content (AvgIpc) is 2.42. The highest BCUT2D eigenvalue weighted by molar-refractivity contribution is 5.85. The van der Waals surface area contributed by atoms with E-state index in [9.17, 15) is 13.6 Å². The molecular formula is C16H15F2NO. The fraction of sp³-hybridized carbons (Fsp3) is 0.188. The van der Waals surface area contributed by atoms with Crippen LogP contribution in [0.2, 0.25) is 0 Å². The second-order valence-electron chi connectivity index (χ2n) is 4.67. The lowest BCUT2D eigenvalue weighted by atomic mass is 10.1. The molecule has 0 aliphatic carbocycles. The number of hydrogen-bond acceptors (Lipinski definition) is 2. The van der Waals surface area contributed by atoms with Gasteiger partial charge in [0, 0.05) is 19.2 Å². The third kappa shape index (κ3) is 3.88. The molecule has 0 aromatic heterocycles. The van der Waals surface area contributed by atoms with Crippen LogP contribution in [-0.2, 0) is 11.2 Å². The second kappa shape index (κ2) is 6.28. The van der Waals surface area contributed by atoms with Crippen molar-refractivity contribution in [2.24, 2.45) is 0 Å². The van der Waals surface area contributed by atoms with E-state index in [0.29, 0.717) is 0 Å². The minimum Gasteiger partial charge on any atom is -0.367 e. The fourth-order valence-corrected chi connectivity index (χ4v) is 1.94. The zero-order valence-electron chi connectivity index (χ0n) is 11.1. The molecule has 2 nitrogen and oxygen atoms in total. The van der Waals surface area contributed by atoms with Gasteiger partial charge in [-0.2, -0.15) is 0 Å². The summed E-state index contributed by atoms with van der Waals surface area (Å²) in [4.78, 5) is 13.7. The van der Waals surface area contributed by atoms with Gasteiger partial charge in [-0.15, -0.1) is 0 Å². The molecule has 20 heavy (non-hydrogen) atoms. The molecule has 0 spiro atoms.